The normalized spacial score (nSPS) is 12.4. The molecule has 3 rings (SSSR count). The highest BCUT2D eigenvalue weighted by Gasteiger charge is 2.13. The lowest BCUT2D eigenvalue weighted by atomic mass is 10.1. The summed E-state index contributed by atoms with van der Waals surface area (Å²) in [5.74, 6) is 1.87. The van der Waals surface area contributed by atoms with Crippen molar-refractivity contribution < 1.29 is 9.47 Å². The molecular weight excluding hydrogens is 402 g/mol. The molecule has 0 radical (unpaired) electrons. The van der Waals surface area contributed by atoms with Crippen LogP contribution in [0, 0.1) is 0 Å². The van der Waals surface area contributed by atoms with E-state index in [1.807, 2.05) is 48.0 Å². The van der Waals surface area contributed by atoms with Crippen molar-refractivity contribution in [3.05, 3.63) is 78.8 Å². The van der Waals surface area contributed by atoms with Gasteiger partial charge in [-0.15, -0.1) is 0 Å². The molecule has 3 aromatic rings. The number of nitrogens with one attached hydrogen (secondary N) is 1. The molecule has 0 amide bonds. The number of aromatic nitrogens is 3. The Balaban J connectivity index is 2.05. The summed E-state index contributed by atoms with van der Waals surface area (Å²) in [5, 5.41) is 4.21. The Hall–Kier alpha value is -4.00. The Bertz CT molecular complexity index is 1180. The number of hydrogen-bond acceptors (Lipinski definition) is 6. The molecule has 2 heterocycles. The number of benzene rings is 1. The molecule has 0 atom stereocenters. The zero-order chi connectivity index (χ0) is 23.1. The van der Waals surface area contributed by atoms with Crippen molar-refractivity contribution in [2.24, 2.45) is 5.73 Å². The fourth-order valence-corrected chi connectivity index (χ4v) is 3.34. The minimum absolute atomic E-state index is 0.477. The molecule has 2 aromatic heterocycles. The molecule has 0 aliphatic rings. The SMILES string of the molecule is C=C/C(C)=C/C(=C\C=C\N)n1ccc2cnc(Nc3cc(CC)c(OC)c(OC)c3)nc21. The molecule has 0 bridgehead atoms. The minimum atomic E-state index is 0.477. The number of methoxy groups -OCH3 is 2. The molecule has 0 saturated heterocycles. The smallest absolute Gasteiger partial charge is 0.229 e. The van der Waals surface area contributed by atoms with Gasteiger partial charge in [0.05, 0.1) is 14.2 Å². The summed E-state index contributed by atoms with van der Waals surface area (Å²) in [5.41, 5.74) is 10.1. The second-order valence-corrected chi connectivity index (χ2v) is 7.08. The third-order valence-electron chi connectivity index (χ3n) is 4.97. The van der Waals surface area contributed by atoms with Crippen LogP contribution in [0.2, 0.25) is 0 Å². The van der Waals surface area contributed by atoms with Gasteiger partial charge in [-0.05, 0) is 61.0 Å². The molecule has 0 aliphatic heterocycles. The zero-order valence-electron chi connectivity index (χ0n) is 18.9. The molecule has 32 heavy (non-hydrogen) atoms. The standard InChI is InChI=1S/C25H29N5O2/c1-6-17(3)13-21(9-8-11-26)30-12-10-19-16-27-25(29-24(19)30)28-20-14-18(7-2)23(32-5)22(15-20)31-4/h6,8-16H,1,7,26H2,2-5H3,(H,27,28,29)/b11-8+,17-13+,21-9+. The van der Waals surface area contributed by atoms with Gasteiger partial charge in [-0.25, -0.2) is 4.98 Å². The van der Waals surface area contributed by atoms with Crippen LogP contribution < -0.4 is 20.5 Å². The summed E-state index contributed by atoms with van der Waals surface area (Å²) in [6.45, 7) is 7.89. The molecule has 1 aromatic carbocycles. The molecule has 0 fully saturated rings. The van der Waals surface area contributed by atoms with Gasteiger partial charge in [-0.3, -0.25) is 0 Å². The van der Waals surface area contributed by atoms with Gasteiger partial charge >= 0.3 is 0 Å². The predicted molar refractivity (Wildman–Crippen MR) is 131 cm³/mol. The van der Waals surface area contributed by atoms with Crippen molar-refractivity contribution in [3.8, 4) is 11.5 Å². The largest absolute Gasteiger partial charge is 0.493 e. The van der Waals surface area contributed by atoms with E-state index in [4.69, 9.17) is 20.2 Å². The number of nitrogens with two attached hydrogens (primary N) is 1. The van der Waals surface area contributed by atoms with E-state index in [1.165, 1.54) is 6.20 Å². The first kappa shape index (κ1) is 22.7. The molecule has 0 unspecified atom stereocenters. The fraction of sp³-hybridized carbons (Fsp3) is 0.200. The minimum Gasteiger partial charge on any atom is -0.493 e. The summed E-state index contributed by atoms with van der Waals surface area (Å²) in [6, 6.07) is 5.86. The van der Waals surface area contributed by atoms with Crippen LogP contribution in [0.25, 0.3) is 16.7 Å². The van der Waals surface area contributed by atoms with Crippen LogP contribution in [0.15, 0.2) is 73.2 Å². The van der Waals surface area contributed by atoms with E-state index in [1.54, 1.807) is 32.6 Å². The number of ether oxygens (including phenoxy) is 2. The lowest BCUT2D eigenvalue weighted by Crippen LogP contribution is -2.02. The van der Waals surface area contributed by atoms with Crippen LogP contribution in [-0.4, -0.2) is 28.8 Å². The molecule has 7 nitrogen and oxygen atoms in total. The number of allylic oxidation sites excluding steroid dienone is 6. The highest BCUT2D eigenvalue weighted by Crippen LogP contribution is 2.35. The number of rotatable bonds is 9. The van der Waals surface area contributed by atoms with Gasteiger partial charge < -0.3 is 25.1 Å². The van der Waals surface area contributed by atoms with Gasteiger partial charge in [0.1, 0.15) is 5.65 Å². The molecule has 0 spiro atoms. The van der Waals surface area contributed by atoms with Crippen LogP contribution in [0.4, 0.5) is 11.6 Å². The van der Waals surface area contributed by atoms with Gasteiger partial charge in [-0.1, -0.05) is 19.6 Å². The molecule has 7 heteroatoms. The first-order chi connectivity index (χ1) is 15.5. The average Bonchev–Trinajstić information content (AvgIpc) is 3.23. The van der Waals surface area contributed by atoms with Gasteiger partial charge in [-0.2, -0.15) is 4.98 Å². The highest BCUT2D eigenvalue weighted by atomic mass is 16.5. The quantitative estimate of drug-likeness (QED) is 0.453. The monoisotopic (exact) mass is 431 g/mol. The second kappa shape index (κ2) is 10.3. The summed E-state index contributed by atoms with van der Waals surface area (Å²) < 4.78 is 13.0. The van der Waals surface area contributed by atoms with Crippen LogP contribution in [-0.2, 0) is 6.42 Å². The van der Waals surface area contributed by atoms with Gasteiger partial charge in [0.2, 0.25) is 5.95 Å². The summed E-state index contributed by atoms with van der Waals surface area (Å²) in [6.07, 6.45) is 13.6. The summed E-state index contributed by atoms with van der Waals surface area (Å²) in [4.78, 5) is 9.24. The number of fused-ring (bicyclic) bond motifs is 1. The van der Waals surface area contributed by atoms with E-state index >= 15 is 0 Å². The van der Waals surface area contributed by atoms with Crippen molar-refractivity contribution in [2.45, 2.75) is 20.3 Å². The maximum absolute atomic E-state index is 5.55. The van der Waals surface area contributed by atoms with E-state index < -0.39 is 0 Å². The number of aryl methyl sites for hydroxylation is 1. The Morgan fingerprint density at radius 1 is 1.28 bits per heavy atom. The molecule has 166 valence electrons. The molecular formula is C25H29N5O2. The Kier molecular flexibility index (Phi) is 7.33. The lowest BCUT2D eigenvalue weighted by molar-refractivity contribution is 0.352. The third-order valence-corrected chi connectivity index (χ3v) is 4.97. The van der Waals surface area contributed by atoms with Crippen molar-refractivity contribution >= 4 is 28.4 Å². The number of hydrogen-bond donors (Lipinski definition) is 2. The van der Waals surface area contributed by atoms with Crippen molar-refractivity contribution in [1.82, 2.24) is 14.5 Å². The predicted octanol–water partition coefficient (Wildman–Crippen LogP) is 5.20. The van der Waals surface area contributed by atoms with E-state index in [2.05, 4.69) is 23.8 Å². The van der Waals surface area contributed by atoms with Crippen molar-refractivity contribution in [3.63, 3.8) is 0 Å². The van der Waals surface area contributed by atoms with Gasteiger partial charge in [0.25, 0.3) is 0 Å². The van der Waals surface area contributed by atoms with E-state index in [-0.39, 0.29) is 0 Å². The first-order valence-corrected chi connectivity index (χ1v) is 10.3. The average molecular weight is 432 g/mol. The van der Waals surface area contributed by atoms with Crippen molar-refractivity contribution in [1.29, 1.82) is 0 Å². The Labute approximate surface area is 188 Å². The Morgan fingerprint density at radius 3 is 2.75 bits per heavy atom. The highest BCUT2D eigenvalue weighted by molar-refractivity contribution is 5.82. The zero-order valence-corrected chi connectivity index (χ0v) is 18.9. The second-order valence-electron chi connectivity index (χ2n) is 7.08. The van der Waals surface area contributed by atoms with E-state index in [0.717, 1.165) is 45.7 Å². The third kappa shape index (κ3) is 4.83. The first-order valence-electron chi connectivity index (χ1n) is 10.3. The van der Waals surface area contributed by atoms with Gasteiger partial charge in [0.15, 0.2) is 11.5 Å². The van der Waals surface area contributed by atoms with Crippen LogP contribution in [0.1, 0.15) is 19.4 Å². The fourth-order valence-electron chi connectivity index (χ4n) is 3.34. The topological polar surface area (TPSA) is 87.2 Å². The van der Waals surface area contributed by atoms with E-state index in [0.29, 0.717) is 11.7 Å². The summed E-state index contributed by atoms with van der Waals surface area (Å²) >= 11 is 0. The van der Waals surface area contributed by atoms with Crippen molar-refractivity contribution in [2.75, 3.05) is 19.5 Å². The number of anilines is 2. The molecule has 3 N–H and O–H groups in total. The maximum Gasteiger partial charge on any atom is 0.229 e. The maximum atomic E-state index is 5.55. The lowest BCUT2D eigenvalue weighted by Gasteiger charge is -2.15. The van der Waals surface area contributed by atoms with Crippen LogP contribution >= 0.6 is 0 Å². The van der Waals surface area contributed by atoms with Gasteiger partial charge in [0, 0.05) is 35.2 Å². The number of nitrogens with zero attached hydrogens (tertiary/aromatic N) is 3. The van der Waals surface area contributed by atoms with E-state index in [9.17, 15) is 0 Å². The summed E-state index contributed by atoms with van der Waals surface area (Å²) in [7, 11) is 3.27. The Morgan fingerprint density at radius 2 is 2.09 bits per heavy atom. The molecule has 0 saturated carbocycles. The van der Waals surface area contributed by atoms with Crippen LogP contribution in [0.5, 0.6) is 11.5 Å². The van der Waals surface area contributed by atoms with Crippen LogP contribution in [0.3, 0.4) is 0 Å². The molecule has 0 aliphatic carbocycles.